The van der Waals surface area contributed by atoms with Gasteiger partial charge in [0.25, 0.3) is 0 Å². The molecule has 0 saturated carbocycles. The third-order valence-corrected chi connectivity index (χ3v) is 6.39. The topological polar surface area (TPSA) is 29.1 Å². The molecule has 2 heteroatoms. The molecule has 1 heterocycles. The third-order valence-electron chi connectivity index (χ3n) is 6.39. The van der Waals surface area contributed by atoms with Gasteiger partial charge in [-0.3, -0.25) is 4.79 Å². The summed E-state index contributed by atoms with van der Waals surface area (Å²) in [4.78, 5) is 13.9. The summed E-state index contributed by atoms with van der Waals surface area (Å²) < 4.78 is 0. The van der Waals surface area contributed by atoms with Crippen LogP contribution in [0.1, 0.15) is 52.4 Å². The van der Waals surface area contributed by atoms with Gasteiger partial charge in [0.2, 0.25) is 0 Å². The Morgan fingerprint density at radius 1 is 0.963 bits per heavy atom. The Morgan fingerprint density at radius 3 is 2.37 bits per heavy atom. The molecule has 2 aliphatic rings. The molecule has 134 valence electrons. The highest BCUT2D eigenvalue weighted by atomic mass is 16.1. The molecule has 3 aromatic rings. The zero-order valence-corrected chi connectivity index (χ0v) is 16.0. The minimum Gasteiger partial charge on any atom is -0.368 e. The average molecular weight is 353 g/mol. The number of benzene rings is 3. The van der Waals surface area contributed by atoms with E-state index >= 15 is 0 Å². The van der Waals surface area contributed by atoms with Crippen LogP contribution in [0.25, 0.3) is 11.1 Å². The molecule has 0 saturated heterocycles. The van der Waals surface area contributed by atoms with Crippen molar-refractivity contribution in [3.63, 3.8) is 0 Å². The molecule has 0 unspecified atom stereocenters. The molecule has 0 aromatic heterocycles. The maximum absolute atomic E-state index is 13.9. The number of aryl methyl sites for hydroxylation is 2. The first-order valence-corrected chi connectivity index (χ1v) is 9.73. The van der Waals surface area contributed by atoms with Gasteiger partial charge in [-0.15, -0.1) is 0 Å². The smallest absolute Gasteiger partial charge is 0.194 e. The summed E-state index contributed by atoms with van der Waals surface area (Å²) in [6.07, 6.45) is 0.951. The number of nitrogens with one attached hydrogen (secondary N) is 1. The molecule has 5 rings (SSSR count). The fourth-order valence-corrected chi connectivity index (χ4v) is 5.07. The number of carbonyl (C=O) groups is 1. The van der Waals surface area contributed by atoms with Crippen LogP contribution in [0.4, 0.5) is 5.69 Å². The van der Waals surface area contributed by atoms with Crippen LogP contribution in [-0.2, 0) is 12.0 Å². The predicted octanol–water partition coefficient (Wildman–Crippen LogP) is 5.85. The van der Waals surface area contributed by atoms with Crippen molar-refractivity contribution in [2.45, 2.75) is 38.6 Å². The van der Waals surface area contributed by atoms with Gasteiger partial charge in [-0.05, 0) is 41.2 Å². The van der Waals surface area contributed by atoms with Crippen molar-refractivity contribution in [1.82, 2.24) is 0 Å². The van der Waals surface area contributed by atoms with Crippen molar-refractivity contribution in [2.75, 3.05) is 5.32 Å². The van der Waals surface area contributed by atoms with Crippen molar-refractivity contribution in [3.8, 4) is 11.1 Å². The van der Waals surface area contributed by atoms with Crippen LogP contribution in [0, 0.1) is 6.92 Å². The van der Waals surface area contributed by atoms with Gasteiger partial charge in [-0.2, -0.15) is 0 Å². The molecule has 0 bridgehead atoms. The van der Waals surface area contributed by atoms with Gasteiger partial charge in [0.05, 0.1) is 0 Å². The average Bonchev–Trinajstić information content (AvgIpc) is 2.99. The van der Waals surface area contributed by atoms with Crippen molar-refractivity contribution in [3.05, 3.63) is 88.5 Å². The molecule has 1 N–H and O–H groups in total. The second-order valence-electron chi connectivity index (χ2n) is 7.82. The number of hydrogen-bond acceptors (Lipinski definition) is 2. The van der Waals surface area contributed by atoms with E-state index in [2.05, 4.69) is 62.5 Å². The quantitative estimate of drug-likeness (QED) is 0.595. The maximum Gasteiger partial charge on any atom is 0.194 e. The van der Waals surface area contributed by atoms with Gasteiger partial charge < -0.3 is 5.32 Å². The summed E-state index contributed by atoms with van der Waals surface area (Å²) in [6.45, 7) is 6.52. The van der Waals surface area contributed by atoms with E-state index in [-0.39, 0.29) is 11.7 Å². The highest BCUT2D eigenvalue weighted by molar-refractivity contribution is 6.15. The van der Waals surface area contributed by atoms with Crippen molar-refractivity contribution in [2.24, 2.45) is 0 Å². The molecule has 1 aliphatic heterocycles. The normalized spacial score (nSPS) is 22.2. The van der Waals surface area contributed by atoms with Crippen molar-refractivity contribution >= 4 is 11.5 Å². The molecule has 0 radical (unpaired) electrons. The predicted molar refractivity (Wildman–Crippen MR) is 110 cm³/mol. The second-order valence-corrected chi connectivity index (χ2v) is 7.82. The Labute approximate surface area is 160 Å². The lowest BCUT2D eigenvalue weighted by Gasteiger charge is -2.39. The van der Waals surface area contributed by atoms with Crippen LogP contribution < -0.4 is 5.32 Å². The van der Waals surface area contributed by atoms with E-state index in [4.69, 9.17) is 0 Å². The Hall–Kier alpha value is -2.87. The van der Waals surface area contributed by atoms with E-state index < -0.39 is 5.54 Å². The fourth-order valence-electron chi connectivity index (χ4n) is 5.07. The number of fused-ring (bicyclic) bond motifs is 5. The lowest BCUT2D eigenvalue weighted by Crippen LogP contribution is -2.46. The van der Waals surface area contributed by atoms with Gasteiger partial charge >= 0.3 is 0 Å². The monoisotopic (exact) mass is 353 g/mol. The summed E-state index contributed by atoms with van der Waals surface area (Å²) in [5.41, 5.74) is 8.34. The molecule has 0 amide bonds. The molecular formula is C25H23NO. The van der Waals surface area contributed by atoms with Crippen LogP contribution in [0.15, 0.2) is 60.7 Å². The summed E-state index contributed by atoms with van der Waals surface area (Å²) in [5.74, 6) is 0.250. The Balaban J connectivity index is 1.82. The van der Waals surface area contributed by atoms with E-state index in [1.165, 1.54) is 16.7 Å². The molecule has 1 aliphatic carbocycles. The highest BCUT2D eigenvalue weighted by Gasteiger charge is 2.54. The minimum atomic E-state index is -0.731. The van der Waals surface area contributed by atoms with E-state index in [0.29, 0.717) is 0 Å². The Morgan fingerprint density at radius 2 is 1.63 bits per heavy atom. The highest BCUT2D eigenvalue weighted by Crippen LogP contribution is 2.56. The molecule has 1 spiro atoms. The first-order chi connectivity index (χ1) is 13.1. The molecule has 2 atom stereocenters. The number of carbonyl (C=O) groups excluding carboxylic acids is 1. The fraction of sp³-hybridized carbons (Fsp3) is 0.240. The van der Waals surface area contributed by atoms with E-state index in [1.807, 2.05) is 24.3 Å². The van der Waals surface area contributed by atoms with Crippen LogP contribution in [-0.4, -0.2) is 5.78 Å². The van der Waals surface area contributed by atoms with Crippen LogP contribution in [0.3, 0.4) is 0 Å². The van der Waals surface area contributed by atoms with Crippen molar-refractivity contribution < 1.29 is 4.79 Å². The molecule has 3 aromatic carbocycles. The van der Waals surface area contributed by atoms with Crippen LogP contribution in [0.2, 0.25) is 0 Å². The van der Waals surface area contributed by atoms with E-state index in [0.717, 1.165) is 34.4 Å². The van der Waals surface area contributed by atoms with Crippen LogP contribution >= 0.6 is 0 Å². The summed E-state index contributed by atoms with van der Waals surface area (Å²) in [6, 6.07) is 20.9. The number of anilines is 1. The van der Waals surface area contributed by atoms with Gasteiger partial charge in [0.1, 0.15) is 5.54 Å². The lowest BCUT2D eigenvalue weighted by molar-refractivity contribution is 0.0888. The summed E-state index contributed by atoms with van der Waals surface area (Å²) in [5, 5.41) is 3.74. The lowest BCUT2D eigenvalue weighted by atomic mass is 9.67. The summed E-state index contributed by atoms with van der Waals surface area (Å²) in [7, 11) is 0. The molecule has 27 heavy (non-hydrogen) atoms. The SMILES string of the molecule is CCc1cc(C)cc2c1N[C@]1(C(=O)c3ccccc3-c3ccccc31)[C@@H]2C. The molecule has 2 nitrogen and oxygen atoms in total. The van der Waals surface area contributed by atoms with Gasteiger partial charge in [-0.25, -0.2) is 0 Å². The minimum absolute atomic E-state index is 0.0692. The van der Waals surface area contributed by atoms with Crippen LogP contribution in [0.5, 0.6) is 0 Å². The molecule has 0 fully saturated rings. The zero-order valence-electron chi connectivity index (χ0n) is 16.0. The number of hydrogen-bond donors (Lipinski definition) is 1. The Kier molecular flexibility index (Phi) is 3.36. The standard InChI is InChI=1S/C25H23NO/c1-4-17-13-15(2)14-21-16(3)25(26-23(17)21)22-12-8-7-10-19(22)18-9-5-6-11-20(18)24(25)27/h5-14,16,26H,4H2,1-3H3/t16-,25-/m1/s1. The first kappa shape index (κ1) is 16.3. The Bertz CT molecular complexity index is 1100. The summed E-state index contributed by atoms with van der Waals surface area (Å²) >= 11 is 0. The zero-order chi connectivity index (χ0) is 18.8. The van der Waals surface area contributed by atoms with Gasteiger partial charge in [0.15, 0.2) is 5.78 Å². The van der Waals surface area contributed by atoms with Gasteiger partial charge in [0, 0.05) is 17.2 Å². The number of ketones is 1. The molecular weight excluding hydrogens is 330 g/mol. The second kappa shape index (κ2) is 5.56. The maximum atomic E-state index is 13.9. The van der Waals surface area contributed by atoms with Gasteiger partial charge in [-0.1, -0.05) is 80.1 Å². The number of Topliss-reactive ketones (excluding diaryl/α,β-unsaturated/α-hetero) is 1. The van der Waals surface area contributed by atoms with Crippen molar-refractivity contribution in [1.29, 1.82) is 0 Å². The number of rotatable bonds is 1. The largest absolute Gasteiger partial charge is 0.368 e. The first-order valence-electron chi connectivity index (χ1n) is 9.73. The van der Waals surface area contributed by atoms with E-state index in [9.17, 15) is 4.79 Å². The van der Waals surface area contributed by atoms with E-state index in [1.54, 1.807) is 0 Å². The third kappa shape index (κ3) is 1.98.